The molecule has 0 aliphatic rings. The molecule has 0 aliphatic heterocycles. The topological polar surface area (TPSA) is 17.1 Å². The molecule has 0 aromatic heterocycles. The van der Waals surface area contributed by atoms with Crippen molar-refractivity contribution in [1.29, 1.82) is 0 Å². The molecule has 2 atom stereocenters. The van der Waals surface area contributed by atoms with Crippen molar-refractivity contribution in [3.63, 3.8) is 0 Å². The molecule has 94 valence electrons. The van der Waals surface area contributed by atoms with Crippen LogP contribution in [0.15, 0.2) is 53.4 Å². The first-order valence-electron chi connectivity index (χ1n) is 5.49. The van der Waals surface area contributed by atoms with Crippen molar-refractivity contribution in [1.82, 2.24) is 0 Å². The molecule has 2 rings (SSSR count). The van der Waals surface area contributed by atoms with Crippen LogP contribution < -0.4 is 0 Å². The first kappa shape index (κ1) is 12.9. The highest BCUT2D eigenvalue weighted by Gasteiger charge is 2.15. The lowest BCUT2D eigenvalue weighted by Gasteiger charge is -2.11. The smallest absolute Gasteiger partial charge is 0.123 e. The minimum Gasteiger partial charge on any atom is -0.254 e. The Labute approximate surface area is 107 Å². The Morgan fingerprint density at radius 1 is 0.889 bits per heavy atom. The number of rotatable bonds is 3. The second-order valence-corrected chi connectivity index (χ2v) is 5.72. The van der Waals surface area contributed by atoms with Gasteiger partial charge < -0.3 is 0 Å². The van der Waals surface area contributed by atoms with Gasteiger partial charge >= 0.3 is 0 Å². The van der Waals surface area contributed by atoms with Gasteiger partial charge in [-0.25, -0.2) is 8.78 Å². The van der Waals surface area contributed by atoms with E-state index >= 15 is 0 Å². The molecule has 0 aliphatic carbocycles. The van der Waals surface area contributed by atoms with Crippen LogP contribution in [0, 0.1) is 11.6 Å². The van der Waals surface area contributed by atoms with Gasteiger partial charge in [0.25, 0.3) is 0 Å². The highest BCUT2D eigenvalue weighted by atomic mass is 32.2. The highest BCUT2D eigenvalue weighted by molar-refractivity contribution is 7.85. The predicted octanol–water partition coefficient (Wildman–Crippen LogP) is 3.83. The van der Waals surface area contributed by atoms with Gasteiger partial charge in [0.05, 0.1) is 16.0 Å². The quantitative estimate of drug-likeness (QED) is 0.825. The average Bonchev–Trinajstić information content (AvgIpc) is 2.39. The standard InChI is InChI=1S/C14H12F2OS/c1-10(11-2-4-12(15)5-3-11)18(17)14-8-6-13(16)7-9-14/h2-10H,1H3/t10-,18+/m0/s1. The van der Waals surface area contributed by atoms with Crippen molar-refractivity contribution in [3.05, 3.63) is 65.7 Å². The number of benzene rings is 2. The fourth-order valence-electron chi connectivity index (χ4n) is 1.63. The molecule has 2 aromatic carbocycles. The van der Waals surface area contributed by atoms with E-state index in [1.165, 1.54) is 36.4 Å². The molecule has 1 nitrogen and oxygen atoms in total. The highest BCUT2D eigenvalue weighted by Crippen LogP contribution is 2.24. The summed E-state index contributed by atoms with van der Waals surface area (Å²) >= 11 is 0. The molecule has 0 saturated carbocycles. The third-order valence-corrected chi connectivity index (χ3v) is 4.36. The Morgan fingerprint density at radius 2 is 1.33 bits per heavy atom. The van der Waals surface area contributed by atoms with Gasteiger partial charge in [-0.05, 0) is 48.9 Å². The maximum absolute atomic E-state index is 12.8. The number of hydrogen-bond acceptors (Lipinski definition) is 1. The van der Waals surface area contributed by atoms with Gasteiger partial charge in [0.1, 0.15) is 11.6 Å². The maximum Gasteiger partial charge on any atom is 0.123 e. The molecule has 0 fully saturated rings. The first-order valence-corrected chi connectivity index (χ1v) is 6.71. The zero-order valence-corrected chi connectivity index (χ0v) is 10.6. The second kappa shape index (κ2) is 5.40. The van der Waals surface area contributed by atoms with Crippen molar-refractivity contribution in [3.8, 4) is 0 Å². The van der Waals surface area contributed by atoms with E-state index in [0.29, 0.717) is 4.90 Å². The summed E-state index contributed by atoms with van der Waals surface area (Å²) < 4.78 is 37.8. The van der Waals surface area contributed by atoms with E-state index in [9.17, 15) is 13.0 Å². The van der Waals surface area contributed by atoms with Crippen LogP contribution in [0.3, 0.4) is 0 Å². The molecule has 0 heterocycles. The number of hydrogen-bond donors (Lipinski definition) is 0. The molecule has 0 N–H and O–H groups in total. The van der Waals surface area contributed by atoms with Gasteiger partial charge in [-0.15, -0.1) is 0 Å². The largest absolute Gasteiger partial charge is 0.254 e. The lowest BCUT2D eigenvalue weighted by molar-refractivity contribution is 0.625. The summed E-state index contributed by atoms with van der Waals surface area (Å²) in [6, 6.07) is 11.5. The molecule has 0 amide bonds. The zero-order chi connectivity index (χ0) is 13.1. The van der Waals surface area contributed by atoms with Crippen molar-refractivity contribution in [2.24, 2.45) is 0 Å². The van der Waals surface area contributed by atoms with Crippen LogP contribution in [0.1, 0.15) is 17.7 Å². The van der Waals surface area contributed by atoms with Crippen molar-refractivity contribution in [2.75, 3.05) is 0 Å². The van der Waals surface area contributed by atoms with Crippen molar-refractivity contribution >= 4 is 10.8 Å². The molecule has 0 bridgehead atoms. The normalized spacial score (nSPS) is 14.2. The summed E-state index contributed by atoms with van der Waals surface area (Å²) in [6.07, 6.45) is 0. The molecule has 0 radical (unpaired) electrons. The fourth-order valence-corrected chi connectivity index (χ4v) is 2.85. The summed E-state index contributed by atoms with van der Waals surface area (Å²) in [7, 11) is -1.28. The van der Waals surface area contributed by atoms with Gasteiger partial charge in [-0.3, -0.25) is 4.21 Å². The SMILES string of the molecule is C[C@@H](c1ccc(F)cc1)[S@@](=O)c1ccc(F)cc1. The summed E-state index contributed by atoms with van der Waals surface area (Å²) in [6.45, 7) is 1.80. The van der Waals surface area contributed by atoms with E-state index in [1.54, 1.807) is 19.1 Å². The van der Waals surface area contributed by atoms with E-state index in [-0.39, 0.29) is 16.9 Å². The Morgan fingerprint density at radius 3 is 1.83 bits per heavy atom. The summed E-state index contributed by atoms with van der Waals surface area (Å²) in [4.78, 5) is 0.563. The third-order valence-electron chi connectivity index (χ3n) is 2.71. The van der Waals surface area contributed by atoms with Crippen LogP contribution in [0.5, 0.6) is 0 Å². The lowest BCUT2D eigenvalue weighted by Crippen LogP contribution is -2.03. The van der Waals surface area contributed by atoms with Crippen molar-refractivity contribution in [2.45, 2.75) is 17.1 Å². The van der Waals surface area contributed by atoms with Gasteiger partial charge in [-0.2, -0.15) is 0 Å². The first-order chi connectivity index (χ1) is 8.58. The molecular weight excluding hydrogens is 254 g/mol. The van der Waals surface area contributed by atoms with Gasteiger partial charge in [0, 0.05) is 4.90 Å². The van der Waals surface area contributed by atoms with E-state index in [0.717, 1.165) is 5.56 Å². The van der Waals surface area contributed by atoms with E-state index < -0.39 is 10.8 Å². The fraction of sp³-hybridized carbons (Fsp3) is 0.143. The van der Waals surface area contributed by atoms with E-state index in [4.69, 9.17) is 0 Å². The Hall–Kier alpha value is -1.55. The summed E-state index contributed by atoms with van der Waals surface area (Å²) in [5.74, 6) is -0.677. The average molecular weight is 266 g/mol. The molecular formula is C14H12F2OS. The number of halogens is 2. The Bertz CT molecular complexity index is 549. The van der Waals surface area contributed by atoms with Crippen LogP contribution in [0.4, 0.5) is 8.78 Å². The second-order valence-electron chi connectivity index (χ2n) is 3.95. The lowest BCUT2D eigenvalue weighted by atomic mass is 10.2. The van der Waals surface area contributed by atoms with Crippen LogP contribution in [-0.4, -0.2) is 4.21 Å². The molecule has 2 aromatic rings. The third kappa shape index (κ3) is 2.82. The summed E-state index contributed by atoms with van der Waals surface area (Å²) in [5, 5.41) is -0.268. The monoisotopic (exact) mass is 266 g/mol. The zero-order valence-electron chi connectivity index (χ0n) is 9.77. The Balaban J connectivity index is 2.23. The van der Waals surface area contributed by atoms with Gasteiger partial charge in [0.15, 0.2) is 0 Å². The minimum absolute atomic E-state index is 0.268. The van der Waals surface area contributed by atoms with Crippen LogP contribution in [-0.2, 0) is 10.8 Å². The van der Waals surface area contributed by atoms with Crippen molar-refractivity contribution < 1.29 is 13.0 Å². The summed E-state index contributed by atoms with van der Waals surface area (Å²) in [5.41, 5.74) is 0.791. The molecule has 0 unspecified atom stereocenters. The maximum atomic E-state index is 12.8. The minimum atomic E-state index is -1.28. The molecule has 0 saturated heterocycles. The van der Waals surface area contributed by atoms with Crippen LogP contribution in [0.25, 0.3) is 0 Å². The van der Waals surface area contributed by atoms with E-state index in [2.05, 4.69) is 0 Å². The van der Waals surface area contributed by atoms with Crippen LogP contribution in [0.2, 0.25) is 0 Å². The predicted molar refractivity (Wildman–Crippen MR) is 67.6 cm³/mol. The van der Waals surface area contributed by atoms with E-state index in [1.807, 2.05) is 0 Å². The molecule has 4 heteroatoms. The molecule has 18 heavy (non-hydrogen) atoms. The Kier molecular flexibility index (Phi) is 3.87. The van der Waals surface area contributed by atoms with Gasteiger partial charge in [-0.1, -0.05) is 12.1 Å². The van der Waals surface area contributed by atoms with Crippen LogP contribution >= 0.6 is 0 Å². The molecule has 0 spiro atoms. The van der Waals surface area contributed by atoms with Gasteiger partial charge in [0.2, 0.25) is 0 Å².